The Kier molecular flexibility index (Phi) is 4.70. The Morgan fingerprint density at radius 2 is 2.20 bits per heavy atom. The number of nitrogens with zero attached hydrogens (tertiary/aromatic N) is 1. The van der Waals surface area contributed by atoms with Crippen molar-refractivity contribution in [1.82, 2.24) is 4.98 Å². The van der Waals surface area contributed by atoms with Crippen molar-refractivity contribution in [3.8, 4) is 0 Å². The second kappa shape index (κ2) is 6.49. The van der Waals surface area contributed by atoms with Gasteiger partial charge in [0.25, 0.3) is 5.91 Å². The van der Waals surface area contributed by atoms with Gasteiger partial charge in [-0.25, -0.2) is 9.78 Å². The normalized spacial score (nSPS) is 10.1. The zero-order valence-corrected chi connectivity index (χ0v) is 12.1. The molecule has 2 heterocycles. The van der Waals surface area contributed by atoms with E-state index >= 15 is 0 Å². The van der Waals surface area contributed by atoms with Crippen molar-refractivity contribution in [3.63, 3.8) is 0 Å². The van der Waals surface area contributed by atoms with Crippen LogP contribution in [0.15, 0.2) is 29.8 Å². The molecule has 20 heavy (non-hydrogen) atoms. The molecule has 1 amide bonds. The number of halogens is 1. The molecule has 1 N–H and O–H groups in total. The highest BCUT2D eigenvalue weighted by atomic mass is 35.5. The summed E-state index contributed by atoms with van der Waals surface area (Å²) in [5, 5.41) is 4.88. The van der Waals surface area contributed by atoms with E-state index in [0.717, 1.165) is 0 Å². The van der Waals surface area contributed by atoms with Gasteiger partial charge in [-0.2, -0.15) is 0 Å². The lowest BCUT2D eigenvalue weighted by Crippen LogP contribution is -2.15. The van der Waals surface area contributed by atoms with E-state index in [1.165, 1.54) is 17.5 Å². The van der Waals surface area contributed by atoms with Gasteiger partial charge in [-0.05, 0) is 30.5 Å². The average Bonchev–Trinajstić information content (AvgIpc) is 2.87. The summed E-state index contributed by atoms with van der Waals surface area (Å²) in [6.07, 6.45) is 1.49. The van der Waals surface area contributed by atoms with Crippen molar-refractivity contribution < 1.29 is 14.3 Å². The van der Waals surface area contributed by atoms with Gasteiger partial charge in [-0.3, -0.25) is 4.79 Å². The number of amides is 1. The van der Waals surface area contributed by atoms with Gasteiger partial charge in [0.1, 0.15) is 10.2 Å². The summed E-state index contributed by atoms with van der Waals surface area (Å²) < 4.78 is 4.92. The van der Waals surface area contributed by atoms with Crippen molar-refractivity contribution >= 4 is 39.8 Å². The lowest BCUT2D eigenvalue weighted by molar-refractivity contribution is 0.0528. The fourth-order valence-electron chi connectivity index (χ4n) is 1.50. The molecule has 7 heteroatoms. The smallest absolute Gasteiger partial charge is 0.341 e. The molecule has 0 saturated heterocycles. The van der Waals surface area contributed by atoms with Crippen molar-refractivity contribution in [2.24, 2.45) is 0 Å². The summed E-state index contributed by atoms with van der Waals surface area (Å²) in [4.78, 5) is 27.6. The second-order valence-corrected chi connectivity index (χ2v) is 4.95. The number of carbonyl (C=O) groups is 2. The number of hydrogen-bond donors (Lipinski definition) is 1. The van der Waals surface area contributed by atoms with Crippen LogP contribution in [0, 0.1) is 0 Å². The molecule has 5 nitrogen and oxygen atoms in total. The lowest BCUT2D eigenvalue weighted by Gasteiger charge is -2.06. The maximum absolute atomic E-state index is 12.1. The highest BCUT2D eigenvalue weighted by Gasteiger charge is 2.18. The molecule has 0 atom stereocenters. The van der Waals surface area contributed by atoms with E-state index in [1.54, 1.807) is 30.5 Å². The van der Waals surface area contributed by atoms with Gasteiger partial charge in [0, 0.05) is 6.20 Å². The van der Waals surface area contributed by atoms with Crippen LogP contribution in [0.5, 0.6) is 0 Å². The first-order chi connectivity index (χ1) is 9.63. The zero-order chi connectivity index (χ0) is 14.5. The van der Waals surface area contributed by atoms with Crippen molar-refractivity contribution in [1.29, 1.82) is 0 Å². The molecule has 0 aliphatic carbocycles. The largest absolute Gasteiger partial charge is 0.462 e. The maximum atomic E-state index is 12.1. The Morgan fingerprint density at radius 1 is 1.40 bits per heavy atom. The van der Waals surface area contributed by atoms with Crippen LogP contribution in [-0.4, -0.2) is 23.5 Å². The molecule has 0 aliphatic rings. The third-order valence-electron chi connectivity index (χ3n) is 2.39. The minimum Gasteiger partial charge on any atom is -0.462 e. The van der Waals surface area contributed by atoms with E-state index in [1.807, 2.05) is 0 Å². The van der Waals surface area contributed by atoms with Gasteiger partial charge in [-0.1, -0.05) is 11.6 Å². The van der Waals surface area contributed by atoms with Gasteiger partial charge in [-0.15, -0.1) is 11.3 Å². The van der Waals surface area contributed by atoms with E-state index in [2.05, 4.69) is 10.3 Å². The fourth-order valence-corrected chi connectivity index (χ4v) is 2.48. The molecular weight excluding hydrogens is 300 g/mol. The van der Waals surface area contributed by atoms with E-state index in [-0.39, 0.29) is 17.3 Å². The van der Waals surface area contributed by atoms with Crippen LogP contribution in [0.3, 0.4) is 0 Å². The van der Waals surface area contributed by atoms with Crippen molar-refractivity contribution in [3.05, 3.63) is 46.1 Å². The van der Waals surface area contributed by atoms with Gasteiger partial charge in [0.15, 0.2) is 0 Å². The van der Waals surface area contributed by atoms with Crippen LogP contribution < -0.4 is 5.32 Å². The van der Waals surface area contributed by atoms with Gasteiger partial charge in [0.05, 0.1) is 17.7 Å². The topological polar surface area (TPSA) is 68.3 Å². The quantitative estimate of drug-likeness (QED) is 0.695. The van der Waals surface area contributed by atoms with Crippen LogP contribution >= 0.6 is 22.9 Å². The number of thiophene rings is 1. The average molecular weight is 311 g/mol. The van der Waals surface area contributed by atoms with Crippen molar-refractivity contribution in [2.45, 2.75) is 6.92 Å². The molecule has 2 rings (SSSR count). The molecule has 0 saturated carbocycles. The van der Waals surface area contributed by atoms with E-state index in [9.17, 15) is 9.59 Å². The predicted molar refractivity (Wildman–Crippen MR) is 77.5 cm³/mol. The summed E-state index contributed by atoms with van der Waals surface area (Å²) in [5.41, 5.74) is 0.572. The van der Waals surface area contributed by atoms with Crippen LogP contribution in [0.25, 0.3) is 0 Å². The molecule has 0 fully saturated rings. The van der Waals surface area contributed by atoms with Crippen molar-refractivity contribution in [2.75, 3.05) is 11.9 Å². The highest BCUT2D eigenvalue weighted by molar-refractivity contribution is 7.14. The minimum absolute atomic E-state index is 0.110. The number of rotatable bonds is 4. The number of aromatic nitrogens is 1. The summed E-state index contributed by atoms with van der Waals surface area (Å²) in [6, 6.07) is 4.77. The molecule has 0 unspecified atom stereocenters. The van der Waals surface area contributed by atoms with Gasteiger partial charge in [0.2, 0.25) is 0 Å². The molecule has 0 radical (unpaired) electrons. The molecule has 0 bridgehead atoms. The summed E-state index contributed by atoms with van der Waals surface area (Å²) in [7, 11) is 0. The molecule has 0 aromatic carbocycles. The maximum Gasteiger partial charge on any atom is 0.341 e. The molecule has 104 valence electrons. The first-order valence-electron chi connectivity index (χ1n) is 5.80. The molecule has 2 aromatic heterocycles. The number of ether oxygens (including phenoxy) is 1. The molecule has 2 aromatic rings. The minimum atomic E-state index is -0.471. The van der Waals surface area contributed by atoms with Crippen LogP contribution in [-0.2, 0) is 4.74 Å². The van der Waals surface area contributed by atoms with Gasteiger partial charge >= 0.3 is 5.97 Å². The Bertz CT molecular complexity index is 642. The van der Waals surface area contributed by atoms with Crippen LogP contribution in [0.4, 0.5) is 5.00 Å². The Balaban J connectivity index is 2.19. The summed E-state index contributed by atoms with van der Waals surface area (Å²) >= 11 is 7.09. The second-order valence-electron chi connectivity index (χ2n) is 3.68. The first kappa shape index (κ1) is 14.5. The number of anilines is 1. The van der Waals surface area contributed by atoms with Gasteiger partial charge < -0.3 is 10.1 Å². The number of esters is 1. The third kappa shape index (κ3) is 3.15. The summed E-state index contributed by atoms with van der Waals surface area (Å²) in [6.45, 7) is 1.99. The third-order valence-corrected chi connectivity index (χ3v) is 3.52. The highest BCUT2D eigenvalue weighted by Crippen LogP contribution is 2.25. The Morgan fingerprint density at radius 3 is 2.90 bits per heavy atom. The Labute approximate surface area is 124 Å². The lowest BCUT2D eigenvalue weighted by atomic mass is 10.2. The molecule has 0 aliphatic heterocycles. The van der Waals surface area contributed by atoms with Crippen LogP contribution in [0.1, 0.15) is 27.6 Å². The molecular formula is C13H11ClN2O3S. The predicted octanol–water partition coefficient (Wildman–Crippen LogP) is 3.23. The zero-order valence-electron chi connectivity index (χ0n) is 10.6. The summed E-state index contributed by atoms with van der Waals surface area (Å²) in [5.74, 6) is -0.891. The number of hydrogen-bond acceptors (Lipinski definition) is 5. The number of carbonyl (C=O) groups excluding carboxylic acids is 2. The standard InChI is InChI=1S/C13H11ClN2O3S/c1-2-19-13(18)9-5-7-20-12(9)16-11(17)8-4-3-6-15-10(8)14/h3-7H,2H2,1H3,(H,16,17). The van der Waals surface area contributed by atoms with Crippen LogP contribution in [0.2, 0.25) is 5.15 Å². The fraction of sp³-hybridized carbons (Fsp3) is 0.154. The Hall–Kier alpha value is -1.92. The SMILES string of the molecule is CCOC(=O)c1ccsc1NC(=O)c1cccnc1Cl. The van der Waals surface area contributed by atoms with E-state index in [0.29, 0.717) is 10.6 Å². The van der Waals surface area contributed by atoms with E-state index in [4.69, 9.17) is 16.3 Å². The molecule has 0 spiro atoms. The van der Waals surface area contributed by atoms with E-state index < -0.39 is 11.9 Å². The monoisotopic (exact) mass is 310 g/mol. The number of pyridine rings is 1. The number of nitrogens with one attached hydrogen (secondary N) is 1. The first-order valence-corrected chi connectivity index (χ1v) is 7.05.